The highest BCUT2D eigenvalue weighted by Crippen LogP contribution is 2.23. The molecule has 1 aromatic heterocycles. The fourth-order valence-corrected chi connectivity index (χ4v) is 5.46. The van der Waals surface area contributed by atoms with Crippen LogP contribution in [0.4, 0.5) is 0 Å². The molecule has 0 saturated heterocycles. The van der Waals surface area contributed by atoms with E-state index in [2.05, 4.69) is 4.98 Å². The third-order valence-electron chi connectivity index (χ3n) is 5.49. The standard InChI is InChI=1S/C26H32ClN3O3S/c1-18(2)15-30-24(16-29(19(3)4)25(31)22-11-9-20(5)10-12-22)14-28-26(30)34(32,33)17-21-7-6-8-23(27)13-21/h6-14,18-19H,15-17H2,1-5H3. The van der Waals surface area contributed by atoms with Gasteiger partial charge < -0.3 is 9.47 Å². The van der Waals surface area contributed by atoms with Crippen molar-refractivity contribution >= 4 is 27.3 Å². The average molecular weight is 502 g/mol. The molecule has 2 aromatic carbocycles. The highest BCUT2D eigenvalue weighted by Gasteiger charge is 2.27. The van der Waals surface area contributed by atoms with Gasteiger partial charge in [0.25, 0.3) is 5.91 Å². The number of sulfone groups is 1. The molecular weight excluding hydrogens is 470 g/mol. The summed E-state index contributed by atoms with van der Waals surface area (Å²) in [6, 6.07) is 14.2. The summed E-state index contributed by atoms with van der Waals surface area (Å²) in [4.78, 5) is 19.3. The first-order valence-electron chi connectivity index (χ1n) is 11.4. The summed E-state index contributed by atoms with van der Waals surface area (Å²) in [5, 5.41) is 0.503. The lowest BCUT2D eigenvalue weighted by Crippen LogP contribution is -2.37. The van der Waals surface area contributed by atoms with Gasteiger partial charge in [-0.25, -0.2) is 13.4 Å². The summed E-state index contributed by atoms with van der Waals surface area (Å²) in [6.45, 7) is 10.7. The minimum Gasteiger partial charge on any atom is -0.330 e. The van der Waals surface area contributed by atoms with Crippen molar-refractivity contribution in [3.8, 4) is 0 Å². The fourth-order valence-electron chi connectivity index (χ4n) is 3.76. The molecule has 1 amide bonds. The van der Waals surface area contributed by atoms with Crippen molar-refractivity contribution in [2.75, 3.05) is 0 Å². The van der Waals surface area contributed by atoms with Crippen molar-refractivity contribution < 1.29 is 13.2 Å². The number of imidazole rings is 1. The van der Waals surface area contributed by atoms with Crippen LogP contribution in [0.15, 0.2) is 59.9 Å². The highest BCUT2D eigenvalue weighted by molar-refractivity contribution is 7.90. The maximum absolute atomic E-state index is 13.3. The van der Waals surface area contributed by atoms with Crippen LogP contribution in [-0.4, -0.2) is 34.8 Å². The second-order valence-electron chi connectivity index (χ2n) is 9.32. The molecule has 0 spiro atoms. The molecule has 0 saturated carbocycles. The number of hydrogen-bond donors (Lipinski definition) is 0. The first-order valence-corrected chi connectivity index (χ1v) is 13.4. The van der Waals surface area contributed by atoms with Gasteiger partial charge in [-0.1, -0.05) is 55.3 Å². The van der Waals surface area contributed by atoms with Crippen LogP contribution in [0.1, 0.15) is 54.9 Å². The van der Waals surface area contributed by atoms with Gasteiger partial charge in [-0.15, -0.1) is 0 Å². The molecule has 0 aliphatic carbocycles. The van der Waals surface area contributed by atoms with Gasteiger partial charge in [-0.3, -0.25) is 4.79 Å². The van der Waals surface area contributed by atoms with E-state index in [1.54, 1.807) is 39.9 Å². The molecule has 0 aliphatic rings. The summed E-state index contributed by atoms with van der Waals surface area (Å²) in [5.74, 6) is -0.109. The van der Waals surface area contributed by atoms with Crippen LogP contribution in [-0.2, 0) is 28.7 Å². The number of carbonyl (C=O) groups is 1. The number of nitrogens with zero attached hydrogens (tertiary/aromatic N) is 3. The lowest BCUT2D eigenvalue weighted by molar-refractivity contribution is 0.0685. The lowest BCUT2D eigenvalue weighted by atomic mass is 10.1. The van der Waals surface area contributed by atoms with Crippen molar-refractivity contribution in [2.24, 2.45) is 5.92 Å². The second kappa shape index (κ2) is 10.7. The van der Waals surface area contributed by atoms with E-state index in [-0.39, 0.29) is 35.3 Å². The average Bonchev–Trinajstić information content (AvgIpc) is 3.14. The zero-order valence-corrected chi connectivity index (χ0v) is 21.9. The topological polar surface area (TPSA) is 72.3 Å². The minimum absolute atomic E-state index is 0.0164. The quantitative estimate of drug-likeness (QED) is 0.386. The van der Waals surface area contributed by atoms with Crippen LogP contribution in [0.3, 0.4) is 0 Å². The molecule has 0 bridgehead atoms. The van der Waals surface area contributed by atoms with Gasteiger partial charge in [0.2, 0.25) is 15.0 Å². The predicted molar refractivity (Wildman–Crippen MR) is 136 cm³/mol. The maximum Gasteiger partial charge on any atom is 0.254 e. The van der Waals surface area contributed by atoms with Crippen LogP contribution in [0.25, 0.3) is 0 Å². The van der Waals surface area contributed by atoms with E-state index < -0.39 is 9.84 Å². The van der Waals surface area contributed by atoms with Crippen molar-refractivity contribution in [3.05, 3.63) is 82.1 Å². The number of hydrogen-bond acceptors (Lipinski definition) is 4. The zero-order valence-electron chi connectivity index (χ0n) is 20.3. The second-order valence-corrected chi connectivity index (χ2v) is 11.6. The number of aryl methyl sites for hydroxylation is 1. The van der Waals surface area contributed by atoms with E-state index in [1.165, 1.54) is 0 Å². The predicted octanol–water partition coefficient (Wildman–Crippen LogP) is 5.53. The van der Waals surface area contributed by atoms with Gasteiger partial charge in [0.05, 0.1) is 24.2 Å². The van der Waals surface area contributed by atoms with E-state index in [1.807, 2.05) is 58.9 Å². The Bertz CT molecular complexity index is 1250. The number of amides is 1. The fraction of sp³-hybridized carbons (Fsp3) is 0.385. The van der Waals surface area contributed by atoms with Crippen LogP contribution in [0.5, 0.6) is 0 Å². The Morgan fingerprint density at radius 3 is 2.35 bits per heavy atom. The van der Waals surface area contributed by atoms with Crippen LogP contribution >= 0.6 is 11.6 Å². The van der Waals surface area contributed by atoms with Crippen LogP contribution in [0.2, 0.25) is 5.02 Å². The summed E-state index contributed by atoms with van der Waals surface area (Å²) in [6.07, 6.45) is 1.57. The molecule has 182 valence electrons. The summed E-state index contributed by atoms with van der Waals surface area (Å²) >= 11 is 6.05. The molecule has 0 atom stereocenters. The van der Waals surface area contributed by atoms with Crippen molar-refractivity contribution in [1.82, 2.24) is 14.5 Å². The van der Waals surface area contributed by atoms with Gasteiger partial charge >= 0.3 is 0 Å². The van der Waals surface area contributed by atoms with Gasteiger partial charge in [0, 0.05) is 23.2 Å². The maximum atomic E-state index is 13.3. The lowest BCUT2D eigenvalue weighted by Gasteiger charge is -2.28. The first kappa shape index (κ1) is 26.0. The zero-order chi connectivity index (χ0) is 25.0. The van der Waals surface area contributed by atoms with E-state index in [0.717, 1.165) is 5.56 Å². The number of rotatable bonds is 9. The van der Waals surface area contributed by atoms with E-state index >= 15 is 0 Å². The van der Waals surface area contributed by atoms with Gasteiger partial charge in [-0.05, 0) is 56.5 Å². The number of benzene rings is 2. The normalized spacial score (nSPS) is 11.9. The van der Waals surface area contributed by atoms with E-state index in [9.17, 15) is 13.2 Å². The SMILES string of the molecule is Cc1ccc(C(=O)N(Cc2cnc(S(=O)(=O)Cc3cccc(Cl)c3)n2CC(C)C)C(C)C)cc1. The summed E-state index contributed by atoms with van der Waals surface area (Å²) < 4.78 is 28.4. The molecular formula is C26H32ClN3O3S. The Balaban J connectivity index is 1.96. The largest absolute Gasteiger partial charge is 0.330 e. The highest BCUT2D eigenvalue weighted by atomic mass is 35.5. The van der Waals surface area contributed by atoms with Crippen LogP contribution < -0.4 is 0 Å². The monoisotopic (exact) mass is 501 g/mol. The Hall–Kier alpha value is -2.64. The Morgan fingerprint density at radius 2 is 1.76 bits per heavy atom. The Morgan fingerprint density at radius 1 is 1.09 bits per heavy atom. The van der Waals surface area contributed by atoms with Crippen LogP contribution in [0, 0.1) is 12.8 Å². The molecule has 34 heavy (non-hydrogen) atoms. The molecule has 3 aromatic rings. The molecule has 0 aliphatic heterocycles. The molecule has 0 radical (unpaired) electrons. The summed E-state index contributed by atoms with van der Waals surface area (Å²) in [7, 11) is -3.73. The van der Waals surface area contributed by atoms with E-state index in [0.29, 0.717) is 28.4 Å². The third kappa shape index (κ3) is 6.27. The third-order valence-corrected chi connectivity index (χ3v) is 7.32. The number of aromatic nitrogens is 2. The molecule has 0 unspecified atom stereocenters. The Kier molecular flexibility index (Phi) is 8.21. The molecule has 8 heteroatoms. The number of carbonyl (C=O) groups excluding carboxylic acids is 1. The minimum atomic E-state index is -3.73. The molecule has 0 N–H and O–H groups in total. The van der Waals surface area contributed by atoms with Crippen molar-refractivity contribution in [2.45, 2.75) is 64.7 Å². The van der Waals surface area contributed by atoms with Gasteiger partial charge in [0.15, 0.2) is 0 Å². The van der Waals surface area contributed by atoms with Crippen molar-refractivity contribution in [3.63, 3.8) is 0 Å². The van der Waals surface area contributed by atoms with Gasteiger partial charge in [0.1, 0.15) is 0 Å². The molecule has 6 nitrogen and oxygen atoms in total. The molecule has 0 fully saturated rings. The summed E-state index contributed by atoms with van der Waals surface area (Å²) in [5.41, 5.74) is 2.97. The number of halogens is 1. The van der Waals surface area contributed by atoms with Crippen molar-refractivity contribution in [1.29, 1.82) is 0 Å². The van der Waals surface area contributed by atoms with Gasteiger partial charge in [-0.2, -0.15) is 0 Å². The molecule has 1 heterocycles. The molecule has 3 rings (SSSR count). The van der Waals surface area contributed by atoms with E-state index in [4.69, 9.17) is 11.6 Å². The Labute approximate surface area is 207 Å². The first-order chi connectivity index (χ1) is 16.0. The smallest absolute Gasteiger partial charge is 0.254 e.